The Labute approximate surface area is 122 Å². The number of piperazine rings is 1. The maximum absolute atomic E-state index is 12.6. The average molecular weight is 308 g/mol. The fourth-order valence-electron chi connectivity index (χ4n) is 2.47. The molecule has 1 aliphatic heterocycles. The zero-order chi connectivity index (χ0) is 15.0. The summed E-state index contributed by atoms with van der Waals surface area (Å²) in [5.41, 5.74) is 1.55. The Kier molecular flexibility index (Phi) is 3.42. The Balaban J connectivity index is 1.91. The highest BCUT2D eigenvalue weighted by Crippen LogP contribution is 2.21. The number of sulfonamides is 1. The van der Waals surface area contributed by atoms with Gasteiger partial charge >= 0.3 is 0 Å². The van der Waals surface area contributed by atoms with Crippen molar-refractivity contribution in [1.29, 1.82) is 0 Å². The number of amides is 1. The molecule has 1 saturated heterocycles. The first-order chi connectivity index (χ1) is 10.0. The second-order valence-electron chi connectivity index (χ2n) is 5.05. The Morgan fingerprint density at radius 1 is 1.19 bits per heavy atom. The molecule has 7 nitrogen and oxygen atoms in total. The van der Waals surface area contributed by atoms with Gasteiger partial charge in [-0.25, -0.2) is 13.4 Å². The van der Waals surface area contributed by atoms with Crippen molar-refractivity contribution in [2.45, 2.75) is 4.90 Å². The van der Waals surface area contributed by atoms with Gasteiger partial charge in [0.2, 0.25) is 16.4 Å². The van der Waals surface area contributed by atoms with E-state index in [1.165, 1.54) is 4.31 Å². The SMILES string of the molecule is Cn1cnc2cc(S(=O)(=O)N3CCN(C=O)CC3)ccc21. The molecule has 1 aromatic carbocycles. The number of carbonyl (C=O) groups excluding carboxylic acids is 1. The highest BCUT2D eigenvalue weighted by Gasteiger charge is 2.28. The number of aryl methyl sites for hydroxylation is 1. The van der Waals surface area contributed by atoms with Crippen molar-refractivity contribution in [3.63, 3.8) is 0 Å². The first kappa shape index (κ1) is 14.0. The highest BCUT2D eigenvalue weighted by molar-refractivity contribution is 7.89. The van der Waals surface area contributed by atoms with Crippen molar-refractivity contribution in [2.75, 3.05) is 26.2 Å². The van der Waals surface area contributed by atoms with E-state index in [4.69, 9.17) is 0 Å². The quantitative estimate of drug-likeness (QED) is 0.750. The molecule has 0 atom stereocenters. The number of benzene rings is 1. The summed E-state index contributed by atoms with van der Waals surface area (Å²) in [6.45, 7) is 1.49. The standard InChI is InChI=1S/C13H16N4O3S/c1-15-9-14-12-8-11(2-3-13(12)15)21(19,20)17-6-4-16(10-18)5-7-17/h2-3,8-10H,4-7H2,1H3. The molecule has 8 heteroatoms. The van der Waals surface area contributed by atoms with E-state index in [0.29, 0.717) is 31.7 Å². The number of fused-ring (bicyclic) bond motifs is 1. The molecule has 0 unspecified atom stereocenters. The summed E-state index contributed by atoms with van der Waals surface area (Å²) in [5.74, 6) is 0. The van der Waals surface area contributed by atoms with Crippen LogP contribution in [0.1, 0.15) is 0 Å². The topological polar surface area (TPSA) is 75.5 Å². The van der Waals surface area contributed by atoms with Crippen molar-refractivity contribution < 1.29 is 13.2 Å². The molecule has 1 amide bonds. The van der Waals surface area contributed by atoms with Crippen LogP contribution in [-0.2, 0) is 21.9 Å². The Hall–Kier alpha value is -1.93. The van der Waals surface area contributed by atoms with Crippen molar-refractivity contribution in [3.05, 3.63) is 24.5 Å². The molecule has 1 fully saturated rings. The molecule has 2 heterocycles. The van der Waals surface area contributed by atoms with Gasteiger partial charge in [-0.15, -0.1) is 0 Å². The van der Waals surface area contributed by atoms with Gasteiger partial charge < -0.3 is 9.47 Å². The largest absolute Gasteiger partial charge is 0.343 e. The molecule has 2 aromatic rings. The summed E-state index contributed by atoms with van der Waals surface area (Å²) in [7, 11) is -1.67. The van der Waals surface area contributed by atoms with Crippen LogP contribution in [0.3, 0.4) is 0 Å². The lowest BCUT2D eigenvalue weighted by atomic mass is 10.3. The second kappa shape index (κ2) is 5.12. The zero-order valence-corrected chi connectivity index (χ0v) is 12.5. The number of aromatic nitrogens is 2. The monoisotopic (exact) mass is 308 g/mol. The van der Waals surface area contributed by atoms with Gasteiger partial charge in [0.05, 0.1) is 22.3 Å². The van der Waals surface area contributed by atoms with E-state index in [0.717, 1.165) is 11.9 Å². The van der Waals surface area contributed by atoms with Gasteiger partial charge in [0.15, 0.2) is 0 Å². The summed E-state index contributed by atoms with van der Waals surface area (Å²) in [6.07, 6.45) is 2.41. The van der Waals surface area contributed by atoms with Crippen molar-refractivity contribution >= 4 is 27.5 Å². The van der Waals surface area contributed by atoms with Crippen LogP contribution in [0.2, 0.25) is 0 Å². The number of carbonyl (C=O) groups is 1. The van der Waals surface area contributed by atoms with Gasteiger partial charge in [0.25, 0.3) is 0 Å². The van der Waals surface area contributed by atoms with Crippen molar-refractivity contribution in [2.24, 2.45) is 7.05 Å². The molecule has 0 aliphatic carbocycles. The predicted octanol–water partition coefficient (Wildman–Crippen LogP) is 0.0360. The van der Waals surface area contributed by atoms with E-state index < -0.39 is 10.0 Å². The van der Waals surface area contributed by atoms with Crippen LogP contribution in [-0.4, -0.2) is 59.8 Å². The fraction of sp³-hybridized carbons (Fsp3) is 0.385. The number of imidazole rings is 1. The van der Waals surface area contributed by atoms with E-state index in [1.54, 1.807) is 29.4 Å². The summed E-state index contributed by atoms with van der Waals surface area (Å²) in [6, 6.07) is 4.96. The Morgan fingerprint density at radius 3 is 2.57 bits per heavy atom. The maximum atomic E-state index is 12.6. The van der Waals surface area contributed by atoms with Crippen molar-refractivity contribution in [3.8, 4) is 0 Å². The van der Waals surface area contributed by atoms with Crippen LogP contribution < -0.4 is 0 Å². The van der Waals surface area contributed by atoms with Crippen molar-refractivity contribution in [1.82, 2.24) is 18.8 Å². The molecule has 0 spiro atoms. The molecular weight excluding hydrogens is 292 g/mol. The van der Waals surface area contributed by atoms with Gasteiger partial charge in [0.1, 0.15) is 0 Å². The molecule has 0 N–H and O–H groups in total. The molecular formula is C13H16N4O3S. The number of rotatable bonds is 3. The van der Waals surface area contributed by atoms with Crippen LogP contribution in [0.15, 0.2) is 29.4 Å². The summed E-state index contributed by atoms with van der Waals surface area (Å²) >= 11 is 0. The zero-order valence-electron chi connectivity index (χ0n) is 11.6. The van der Waals surface area contributed by atoms with Crippen LogP contribution >= 0.6 is 0 Å². The lowest BCUT2D eigenvalue weighted by molar-refractivity contribution is -0.119. The molecule has 1 aromatic heterocycles. The van der Waals surface area contributed by atoms with Crippen LogP contribution in [0.25, 0.3) is 11.0 Å². The fourth-order valence-corrected chi connectivity index (χ4v) is 3.92. The molecule has 3 rings (SSSR count). The first-order valence-corrected chi connectivity index (χ1v) is 8.07. The van der Waals surface area contributed by atoms with E-state index in [2.05, 4.69) is 4.98 Å². The third-order valence-corrected chi connectivity index (χ3v) is 5.65. The van der Waals surface area contributed by atoms with E-state index in [-0.39, 0.29) is 4.90 Å². The molecule has 112 valence electrons. The molecule has 21 heavy (non-hydrogen) atoms. The minimum absolute atomic E-state index is 0.244. The lowest BCUT2D eigenvalue weighted by Gasteiger charge is -2.31. The predicted molar refractivity (Wildman–Crippen MR) is 77.1 cm³/mol. The molecule has 0 saturated carbocycles. The number of nitrogens with zero attached hydrogens (tertiary/aromatic N) is 4. The number of hydrogen-bond acceptors (Lipinski definition) is 4. The van der Waals surface area contributed by atoms with E-state index >= 15 is 0 Å². The highest BCUT2D eigenvalue weighted by atomic mass is 32.2. The van der Waals surface area contributed by atoms with E-state index in [1.807, 2.05) is 11.6 Å². The summed E-state index contributed by atoms with van der Waals surface area (Å²) in [5, 5.41) is 0. The Bertz CT molecular complexity index is 776. The molecule has 0 bridgehead atoms. The van der Waals surface area contributed by atoms with Gasteiger partial charge in [0, 0.05) is 33.2 Å². The lowest BCUT2D eigenvalue weighted by Crippen LogP contribution is -2.47. The second-order valence-corrected chi connectivity index (χ2v) is 6.99. The number of hydrogen-bond donors (Lipinski definition) is 0. The van der Waals surface area contributed by atoms with E-state index in [9.17, 15) is 13.2 Å². The molecule has 1 aliphatic rings. The average Bonchev–Trinajstić information content (AvgIpc) is 2.88. The minimum Gasteiger partial charge on any atom is -0.343 e. The maximum Gasteiger partial charge on any atom is 0.243 e. The molecule has 0 radical (unpaired) electrons. The third-order valence-electron chi connectivity index (χ3n) is 3.76. The Morgan fingerprint density at radius 2 is 1.90 bits per heavy atom. The van der Waals surface area contributed by atoms with Crippen LogP contribution in [0.4, 0.5) is 0 Å². The third kappa shape index (κ3) is 2.40. The van der Waals surface area contributed by atoms with Gasteiger partial charge in [-0.2, -0.15) is 4.31 Å². The normalized spacial score (nSPS) is 17.3. The summed E-state index contributed by atoms with van der Waals surface area (Å²) < 4.78 is 28.5. The van der Waals surface area contributed by atoms with Gasteiger partial charge in [-0.1, -0.05) is 0 Å². The first-order valence-electron chi connectivity index (χ1n) is 6.63. The smallest absolute Gasteiger partial charge is 0.243 e. The van der Waals surface area contributed by atoms with Gasteiger partial charge in [-0.3, -0.25) is 4.79 Å². The van der Waals surface area contributed by atoms with Gasteiger partial charge in [-0.05, 0) is 18.2 Å². The summed E-state index contributed by atoms with van der Waals surface area (Å²) in [4.78, 5) is 16.7. The van der Waals surface area contributed by atoms with Crippen LogP contribution in [0.5, 0.6) is 0 Å². The van der Waals surface area contributed by atoms with Crippen LogP contribution in [0, 0.1) is 0 Å². The minimum atomic E-state index is -3.53.